The van der Waals surface area contributed by atoms with Crippen molar-refractivity contribution in [2.45, 2.75) is 231 Å². The van der Waals surface area contributed by atoms with Gasteiger partial charge in [-0.15, -0.1) is 0 Å². The first kappa shape index (κ1) is 60.7. The predicted octanol–water partition coefficient (Wildman–Crippen LogP) is 14.8. The maximum atomic E-state index is 12.7. The Balaban J connectivity index is 4.18. The van der Waals surface area contributed by atoms with Gasteiger partial charge in [0.05, 0.1) is 19.8 Å². The van der Waals surface area contributed by atoms with Crippen molar-refractivity contribution >= 4 is 19.8 Å². The Labute approximate surface area is 385 Å². The Morgan fingerprint density at radius 2 is 0.921 bits per heavy atom. The van der Waals surface area contributed by atoms with Crippen LogP contribution < -0.4 is 5.73 Å². The fourth-order valence-electron chi connectivity index (χ4n) is 6.93. The number of carboxylic acids is 1. The molecule has 0 aliphatic carbocycles. The average molecular weight is 908 g/mol. The Hall–Kier alpha value is -2.33. The number of phosphoric ester groups is 1. The van der Waals surface area contributed by atoms with Gasteiger partial charge in [-0.1, -0.05) is 216 Å². The van der Waals surface area contributed by atoms with Gasteiger partial charge < -0.3 is 25.2 Å². The molecule has 0 amide bonds. The molecule has 0 heterocycles. The molecule has 0 spiro atoms. The maximum Gasteiger partial charge on any atom is 0.472 e. The molecule has 0 aliphatic heterocycles. The fraction of sp³-hybridized carbons (Fsp3) is 0.769. The monoisotopic (exact) mass is 908 g/mol. The van der Waals surface area contributed by atoms with Crippen LogP contribution in [0.25, 0.3) is 0 Å². The van der Waals surface area contributed by atoms with Crippen molar-refractivity contribution in [2.24, 2.45) is 5.73 Å². The SMILES string of the molecule is CC/C=C\C/C=C\C/C=C\C/C=C\C/C=C\CCCCCC(=O)OC(COCCCCCCCCCCCCCCCCCCCCCCCC)COP(=O)(O)OCC(N)C(=O)O. The number of allylic oxidation sites excluding steroid dienone is 10. The number of aliphatic carboxylic acids is 1. The number of hydrogen-bond donors (Lipinski definition) is 3. The number of esters is 1. The van der Waals surface area contributed by atoms with E-state index in [1.807, 2.05) is 0 Å². The Kier molecular flexibility index (Phi) is 45.9. The van der Waals surface area contributed by atoms with Gasteiger partial charge in [-0.3, -0.25) is 18.6 Å². The molecule has 4 N–H and O–H groups in total. The molecule has 63 heavy (non-hydrogen) atoms. The molecule has 0 fully saturated rings. The van der Waals surface area contributed by atoms with Crippen LogP contribution in [0, 0.1) is 0 Å². The third-order valence-corrected chi connectivity index (χ3v) is 11.8. The minimum Gasteiger partial charge on any atom is -0.480 e. The van der Waals surface area contributed by atoms with Crippen molar-refractivity contribution in [2.75, 3.05) is 26.4 Å². The van der Waals surface area contributed by atoms with Gasteiger partial charge in [-0.2, -0.15) is 0 Å². The largest absolute Gasteiger partial charge is 0.480 e. The molecular weight excluding hydrogens is 814 g/mol. The van der Waals surface area contributed by atoms with Gasteiger partial charge >= 0.3 is 19.8 Å². The molecule has 0 radical (unpaired) electrons. The van der Waals surface area contributed by atoms with Crippen LogP contribution in [0.4, 0.5) is 0 Å². The van der Waals surface area contributed by atoms with Crippen molar-refractivity contribution in [1.29, 1.82) is 0 Å². The minimum absolute atomic E-state index is 0.00368. The summed E-state index contributed by atoms with van der Waals surface area (Å²) in [6.45, 7) is 3.76. The van der Waals surface area contributed by atoms with Crippen LogP contribution in [-0.4, -0.2) is 60.5 Å². The lowest BCUT2D eigenvalue weighted by Gasteiger charge is -2.20. The zero-order chi connectivity index (χ0) is 46.2. The molecule has 0 aromatic carbocycles. The predicted molar refractivity (Wildman–Crippen MR) is 263 cm³/mol. The normalized spacial score (nSPS) is 14.2. The molecule has 0 bridgehead atoms. The standard InChI is InChI=1S/C52H94NO9P/c1-3-5-7-9-11-13-15-17-19-21-23-24-25-27-29-31-33-35-37-39-41-43-45-59-46-49(47-60-63(57,58)61-48-50(53)52(55)56)62-51(54)44-42-40-38-36-34-32-30-28-26-22-20-18-16-14-12-10-8-6-4-2/h6,8,12,14,18,20,26,28,32,34,49-50H,3-5,7,9-11,13,15-17,19,21-25,27,29-31,33,35-48,53H2,1-2H3,(H,55,56)(H,57,58)/b8-6-,14-12-,20-18-,28-26-,34-32-. The number of phosphoric acid groups is 1. The van der Waals surface area contributed by atoms with E-state index in [-0.39, 0.29) is 13.0 Å². The van der Waals surface area contributed by atoms with Crippen molar-refractivity contribution in [3.8, 4) is 0 Å². The Morgan fingerprint density at radius 3 is 1.37 bits per heavy atom. The Morgan fingerprint density at radius 1 is 0.524 bits per heavy atom. The van der Waals surface area contributed by atoms with Gasteiger partial charge in [0, 0.05) is 13.0 Å². The van der Waals surface area contributed by atoms with E-state index in [0.29, 0.717) is 13.0 Å². The topological polar surface area (TPSA) is 155 Å². The molecule has 0 rings (SSSR count). The summed E-state index contributed by atoms with van der Waals surface area (Å²) in [5.41, 5.74) is 5.37. The molecule has 0 aromatic heterocycles. The molecule has 10 nitrogen and oxygen atoms in total. The number of carbonyl (C=O) groups excluding carboxylic acids is 1. The van der Waals surface area contributed by atoms with Crippen molar-refractivity contribution in [3.63, 3.8) is 0 Å². The summed E-state index contributed by atoms with van der Waals surface area (Å²) in [4.78, 5) is 33.7. The summed E-state index contributed by atoms with van der Waals surface area (Å²) < 4.78 is 33.5. The summed E-state index contributed by atoms with van der Waals surface area (Å²) in [6, 6.07) is -1.48. The molecule has 0 aliphatic rings. The zero-order valence-corrected chi connectivity index (χ0v) is 41.1. The molecule has 3 atom stereocenters. The summed E-state index contributed by atoms with van der Waals surface area (Å²) in [5, 5.41) is 8.93. The first-order chi connectivity index (χ1) is 30.7. The third-order valence-electron chi connectivity index (χ3n) is 10.8. The molecule has 0 aromatic rings. The van der Waals surface area contributed by atoms with E-state index in [4.69, 9.17) is 29.4 Å². The molecule has 0 saturated heterocycles. The van der Waals surface area contributed by atoms with Gasteiger partial charge in [-0.05, 0) is 57.8 Å². The van der Waals surface area contributed by atoms with Crippen LogP contribution in [0.1, 0.15) is 219 Å². The number of unbranched alkanes of at least 4 members (excludes halogenated alkanes) is 24. The lowest BCUT2D eigenvalue weighted by Crippen LogP contribution is -2.34. The van der Waals surface area contributed by atoms with Crippen LogP contribution in [0.2, 0.25) is 0 Å². The smallest absolute Gasteiger partial charge is 0.472 e. The van der Waals surface area contributed by atoms with Gasteiger partial charge in [-0.25, -0.2) is 4.57 Å². The number of hydrogen-bond acceptors (Lipinski definition) is 8. The van der Waals surface area contributed by atoms with Crippen LogP contribution in [0.5, 0.6) is 0 Å². The first-order valence-electron chi connectivity index (χ1n) is 25.3. The summed E-state index contributed by atoms with van der Waals surface area (Å²) in [7, 11) is -4.63. The minimum atomic E-state index is -4.63. The molecular formula is C52H94NO9P. The lowest BCUT2D eigenvalue weighted by atomic mass is 10.0. The highest BCUT2D eigenvalue weighted by atomic mass is 31.2. The number of rotatable bonds is 48. The Bertz CT molecular complexity index is 1230. The van der Waals surface area contributed by atoms with E-state index in [9.17, 15) is 19.0 Å². The van der Waals surface area contributed by atoms with Crippen molar-refractivity contribution < 1.29 is 42.7 Å². The first-order valence-corrected chi connectivity index (χ1v) is 26.8. The molecule has 0 saturated carbocycles. The summed E-state index contributed by atoms with van der Waals surface area (Å²) >= 11 is 0. The van der Waals surface area contributed by atoms with Crippen LogP contribution in [0.3, 0.4) is 0 Å². The highest BCUT2D eigenvalue weighted by Crippen LogP contribution is 2.43. The summed E-state index contributed by atoms with van der Waals surface area (Å²) in [6.07, 6.45) is 58.6. The molecule has 366 valence electrons. The van der Waals surface area contributed by atoms with Crippen LogP contribution in [0.15, 0.2) is 60.8 Å². The van der Waals surface area contributed by atoms with E-state index in [2.05, 4.69) is 74.6 Å². The van der Waals surface area contributed by atoms with E-state index >= 15 is 0 Å². The second-order valence-electron chi connectivity index (χ2n) is 16.9. The van der Waals surface area contributed by atoms with Gasteiger partial charge in [0.15, 0.2) is 0 Å². The van der Waals surface area contributed by atoms with E-state index in [1.165, 1.54) is 122 Å². The number of ether oxygens (including phenoxy) is 2. The van der Waals surface area contributed by atoms with E-state index in [1.54, 1.807) is 0 Å². The van der Waals surface area contributed by atoms with Crippen molar-refractivity contribution in [3.05, 3.63) is 60.8 Å². The fourth-order valence-corrected chi connectivity index (χ4v) is 7.70. The molecule has 3 unspecified atom stereocenters. The maximum absolute atomic E-state index is 12.7. The molecule has 11 heteroatoms. The lowest BCUT2D eigenvalue weighted by molar-refractivity contribution is -0.154. The second-order valence-corrected chi connectivity index (χ2v) is 18.4. The average Bonchev–Trinajstić information content (AvgIpc) is 3.26. The van der Waals surface area contributed by atoms with Crippen molar-refractivity contribution in [1.82, 2.24) is 0 Å². The highest BCUT2D eigenvalue weighted by Gasteiger charge is 2.27. The highest BCUT2D eigenvalue weighted by molar-refractivity contribution is 7.47. The number of carboxylic acid groups (broad SMARTS) is 1. The second kappa shape index (κ2) is 47.6. The summed E-state index contributed by atoms with van der Waals surface area (Å²) in [5.74, 6) is -1.81. The van der Waals surface area contributed by atoms with Crippen LogP contribution in [-0.2, 0) is 32.7 Å². The zero-order valence-electron chi connectivity index (χ0n) is 40.2. The van der Waals surface area contributed by atoms with E-state index < -0.39 is 45.1 Å². The number of nitrogens with two attached hydrogens (primary N) is 1. The van der Waals surface area contributed by atoms with Gasteiger partial charge in [0.2, 0.25) is 0 Å². The number of carbonyl (C=O) groups is 2. The quantitative estimate of drug-likeness (QED) is 0.0233. The van der Waals surface area contributed by atoms with Crippen LogP contribution >= 0.6 is 7.82 Å². The third kappa shape index (κ3) is 47.5. The van der Waals surface area contributed by atoms with Gasteiger partial charge in [0.1, 0.15) is 12.1 Å². The van der Waals surface area contributed by atoms with Gasteiger partial charge in [0.25, 0.3) is 0 Å². The van der Waals surface area contributed by atoms with E-state index in [0.717, 1.165) is 70.6 Å².